The quantitative estimate of drug-likeness (QED) is 0.702. The normalized spacial score (nSPS) is 11.8. The second kappa shape index (κ2) is 6.92. The van der Waals surface area contributed by atoms with Crippen molar-refractivity contribution in [2.45, 2.75) is 6.54 Å². The van der Waals surface area contributed by atoms with Crippen LogP contribution in [0.4, 0.5) is 0 Å². The average Bonchev–Trinajstić information content (AvgIpc) is 2.87. The van der Waals surface area contributed by atoms with Crippen LogP contribution in [0.1, 0.15) is 0 Å². The number of aliphatic hydroxyl groups excluding tert-OH is 2. The summed E-state index contributed by atoms with van der Waals surface area (Å²) in [5.74, 6) is 0. The fourth-order valence-electron chi connectivity index (χ4n) is 3.10. The van der Waals surface area contributed by atoms with Gasteiger partial charge in [-0.3, -0.25) is 4.90 Å². The Hall–Kier alpha value is -1.88. The number of benzene rings is 2. The van der Waals surface area contributed by atoms with Gasteiger partial charge in [-0.05, 0) is 12.1 Å². The summed E-state index contributed by atoms with van der Waals surface area (Å²) in [7, 11) is 0. The van der Waals surface area contributed by atoms with E-state index in [0.29, 0.717) is 13.1 Å². The zero-order valence-electron chi connectivity index (χ0n) is 12.7. The van der Waals surface area contributed by atoms with E-state index in [1.165, 1.54) is 21.8 Å². The summed E-state index contributed by atoms with van der Waals surface area (Å²) in [4.78, 5) is 2.09. The van der Waals surface area contributed by atoms with Crippen molar-refractivity contribution in [2.24, 2.45) is 0 Å². The Kier molecular flexibility index (Phi) is 4.73. The van der Waals surface area contributed by atoms with E-state index in [-0.39, 0.29) is 13.2 Å². The SMILES string of the molecule is OCCN(CCO)CCn1c2ccccc2c2ccccc21. The highest BCUT2D eigenvalue weighted by Gasteiger charge is 2.11. The van der Waals surface area contributed by atoms with E-state index in [9.17, 15) is 0 Å². The molecule has 1 aromatic heterocycles. The minimum atomic E-state index is 0.118. The lowest BCUT2D eigenvalue weighted by Gasteiger charge is -2.21. The molecule has 0 unspecified atom stereocenters. The summed E-state index contributed by atoms with van der Waals surface area (Å²) < 4.78 is 2.33. The molecule has 1 heterocycles. The molecule has 22 heavy (non-hydrogen) atoms. The number of hydrogen-bond acceptors (Lipinski definition) is 3. The maximum absolute atomic E-state index is 9.13. The van der Waals surface area contributed by atoms with Gasteiger partial charge in [0, 0.05) is 48.0 Å². The number of nitrogens with zero attached hydrogens (tertiary/aromatic N) is 2. The molecular weight excluding hydrogens is 276 g/mol. The molecule has 0 aliphatic carbocycles. The molecule has 0 fully saturated rings. The number of rotatable bonds is 7. The van der Waals surface area contributed by atoms with Gasteiger partial charge in [0.25, 0.3) is 0 Å². The van der Waals surface area contributed by atoms with Crippen LogP contribution in [0, 0.1) is 0 Å². The highest BCUT2D eigenvalue weighted by atomic mass is 16.3. The van der Waals surface area contributed by atoms with Gasteiger partial charge in [0.15, 0.2) is 0 Å². The first-order valence-corrected chi connectivity index (χ1v) is 7.75. The number of aromatic nitrogens is 1. The molecule has 2 aromatic carbocycles. The number of para-hydroxylation sites is 2. The molecule has 0 radical (unpaired) electrons. The molecule has 4 heteroatoms. The van der Waals surface area contributed by atoms with Crippen LogP contribution in [0.5, 0.6) is 0 Å². The Morgan fingerprint density at radius 1 is 0.727 bits per heavy atom. The van der Waals surface area contributed by atoms with Gasteiger partial charge in [-0.15, -0.1) is 0 Å². The predicted molar refractivity (Wildman–Crippen MR) is 90.1 cm³/mol. The zero-order chi connectivity index (χ0) is 15.4. The molecule has 0 saturated carbocycles. The highest BCUT2D eigenvalue weighted by molar-refractivity contribution is 6.07. The Balaban J connectivity index is 1.94. The molecule has 0 aliphatic rings. The Morgan fingerprint density at radius 2 is 1.23 bits per heavy atom. The second-order valence-electron chi connectivity index (χ2n) is 5.47. The first-order valence-electron chi connectivity index (χ1n) is 7.75. The molecular formula is C18H22N2O2. The molecule has 3 rings (SSSR count). The third-order valence-corrected chi connectivity index (χ3v) is 4.15. The fraction of sp³-hybridized carbons (Fsp3) is 0.333. The molecule has 0 bridgehead atoms. The van der Waals surface area contributed by atoms with Crippen LogP contribution >= 0.6 is 0 Å². The lowest BCUT2D eigenvalue weighted by Crippen LogP contribution is -2.32. The van der Waals surface area contributed by atoms with E-state index < -0.39 is 0 Å². The van der Waals surface area contributed by atoms with Crippen LogP contribution in [-0.2, 0) is 6.54 Å². The summed E-state index contributed by atoms with van der Waals surface area (Å²) in [6, 6.07) is 16.9. The summed E-state index contributed by atoms with van der Waals surface area (Å²) >= 11 is 0. The number of hydrogen-bond donors (Lipinski definition) is 2. The van der Waals surface area contributed by atoms with Crippen LogP contribution in [0.2, 0.25) is 0 Å². The first-order chi connectivity index (χ1) is 10.8. The topological polar surface area (TPSA) is 48.6 Å². The van der Waals surface area contributed by atoms with Gasteiger partial charge in [0.1, 0.15) is 0 Å². The van der Waals surface area contributed by atoms with E-state index in [1.807, 2.05) is 0 Å². The number of fused-ring (bicyclic) bond motifs is 3. The van der Waals surface area contributed by atoms with Crippen LogP contribution in [-0.4, -0.2) is 52.5 Å². The fourth-order valence-corrected chi connectivity index (χ4v) is 3.10. The van der Waals surface area contributed by atoms with Crippen LogP contribution in [0.3, 0.4) is 0 Å². The minimum absolute atomic E-state index is 0.118. The lowest BCUT2D eigenvalue weighted by molar-refractivity contribution is 0.158. The highest BCUT2D eigenvalue weighted by Crippen LogP contribution is 2.28. The van der Waals surface area contributed by atoms with Crippen molar-refractivity contribution in [1.29, 1.82) is 0 Å². The first kappa shape index (κ1) is 15.0. The molecule has 0 spiro atoms. The van der Waals surface area contributed by atoms with Crippen molar-refractivity contribution < 1.29 is 10.2 Å². The minimum Gasteiger partial charge on any atom is -0.395 e. The van der Waals surface area contributed by atoms with E-state index in [4.69, 9.17) is 10.2 Å². The Labute approximate surface area is 130 Å². The van der Waals surface area contributed by atoms with E-state index in [0.717, 1.165) is 13.1 Å². The van der Waals surface area contributed by atoms with E-state index >= 15 is 0 Å². The molecule has 116 valence electrons. The van der Waals surface area contributed by atoms with Crippen LogP contribution in [0.25, 0.3) is 21.8 Å². The van der Waals surface area contributed by atoms with Crippen LogP contribution < -0.4 is 0 Å². The van der Waals surface area contributed by atoms with Gasteiger partial charge in [-0.25, -0.2) is 0 Å². The molecule has 3 aromatic rings. The largest absolute Gasteiger partial charge is 0.395 e. The Bertz CT molecular complexity index is 692. The smallest absolute Gasteiger partial charge is 0.0558 e. The maximum Gasteiger partial charge on any atom is 0.0558 e. The standard InChI is InChI=1S/C18H22N2O2/c21-13-11-19(12-14-22)9-10-20-17-7-3-1-5-15(17)16-6-2-4-8-18(16)20/h1-8,21-22H,9-14H2. The molecule has 2 N–H and O–H groups in total. The summed E-state index contributed by atoms with van der Waals surface area (Å²) in [6.45, 7) is 3.08. The van der Waals surface area contributed by atoms with E-state index in [1.54, 1.807) is 0 Å². The van der Waals surface area contributed by atoms with Crippen molar-refractivity contribution in [3.63, 3.8) is 0 Å². The van der Waals surface area contributed by atoms with Gasteiger partial charge >= 0.3 is 0 Å². The number of aliphatic hydroxyl groups is 2. The van der Waals surface area contributed by atoms with Crippen molar-refractivity contribution in [3.8, 4) is 0 Å². The molecule has 0 aliphatic heterocycles. The van der Waals surface area contributed by atoms with Gasteiger partial charge in [0.05, 0.1) is 13.2 Å². The van der Waals surface area contributed by atoms with Gasteiger partial charge in [-0.1, -0.05) is 36.4 Å². The molecule has 0 saturated heterocycles. The maximum atomic E-state index is 9.13. The molecule has 0 amide bonds. The van der Waals surface area contributed by atoms with Gasteiger partial charge in [-0.2, -0.15) is 0 Å². The summed E-state index contributed by atoms with van der Waals surface area (Å²) in [6.07, 6.45) is 0. The predicted octanol–water partition coefficient (Wildman–Crippen LogP) is 2.08. The third-order valence-electron chi connectivity index (χ3n) is 4.15. The zero-order valence-corrected chi connectivity index (χ0v) is 12.7. The summed E-state index contributed by atoms with van der Waals surface area (Å²) in [5, 5.41) is 20.8. The monoisotopic (exact) mass is 298 g/mol. The molecule has 4 nitrogen and oxygen atoms in total. The van der Waals surface area contributed by atoms with Gasteiger partial charge < -0.3 is 14.8 Å². The average molecular weight is 298 g/mol. The third kappa shape index (κ3) is 2.86. The van der Waals surface area contributed by atoms with Crippen molar-refractivity contribution in [2.75, 3.05) is 32.8 Å². The van der Waals surface area contributed by atoms with Crippen molar-refractivity contribution >= 4 is 21.8 Å². The summed E-state index contributed by atoms with van der Waals surface area (Å²) in [5.41, 5.74) is 2.47. The molecule has 0 atom stereocenters. The Morgan fingerprint density at radius 3 is 1.73 bits per heavy atom. The van der Waals surface area contributed by atoms with Gasteiger partial charge in [0.2, 0.25) is 0 Å². The second-order valence-corrected chi connectivity index (χ2v) is 5.47. The van der Waals surface area contributed by atoms with Crippen molar-refractivity contribution in [3.05, 3.63) is 48.5 Å². The van der Waals surface area contributed by atoms with E-state index in [2.05, 4.69) is 58.0 Å². The van der Waals surface area contributed by atoms with Crippen LogP contribution in [0.15, 0.2) is 48.5 Å². The van der Waals surface area contributed by atoms with Crippen molar-refractivity contribution in [1.82, 2.24) is 9.47 Å². The lowest BCUT2D eigenvalue weighted by atomic mass is 10.2.